The summed E-state index contributed by atoms with van der Waals surface area (Å²) in [6, 6.07) is 7.53. The van der Waals surface area contributed by atoms with E-state index in [4.69, 9.17) is 11.6 Å². The number of hydrogen-bond donors (Lipinski definition) is 1. The molecule has 8 heteroatoms. The molecule has 0 spiro atoms. The lowest BCUT2D eigenvalue weighted by molar-refractivity contribution is -0.389. The van der Waals surface area contributed by atoms with Crippen molar-refractivity contribution in [1.29, 1.82) is 0 Å². The molecule has 0 bridgehead atoms. The van der Waals surface area contributed by atoms with Crippen LogP contribution in [0, 0.1) is 17.0 Å². The summed E-state index contributed by atoms with van der Waals surface area (Å²) < 4.78 is 1.61. The van der Waals surface area contributed by atoms with Gasteiger partial charge in [0.15, 0.2) is 0 Å². The monoisotopic (exact) mass is 364 g/mol. The number of nitrogens with zero attached hydrogens (tertiary/aromatic N) is 3. The van der Waals surface area contributed by atoms with Gasteiger partial charge in [-0.2, -0.15) is 0 Å². The summed E-state index contributed by atoms with van der Waals surface area (Å²) in [5.74, 6) is 0.166. The van der Waals surface area contributed by atoms with Gasteiger partial charge in [-0.15, -0.1) is 0 Å². The van der Waals surface area contributed by atoms with E-state index in [0.29, 0.717) is 23.8 Å². The van der Waals surface area contributed by atoms with Crippen LogP contribution in [-0.4, -0.2) is 25.9 Å². The number of aryl methyl sites for hydroxylation is 2. The van der Waals surface area contributed by atoms with E-state index in [0.717, 1.165) is 5.56 Å². The Labute approximate surface area is 151 Å². The van der Waals surface area contributed by atoms with Gasteiger partial charge in [0.25, 0.3) is 0 Å². The van der Waals surface area contributed by atoms with Gasteiger partial charge in [-0.25, -0.2) is 0 Å². The number of nitrogens with one attached hydrogen (secondary N) is 1. The van der Waals surface area contributed by atoms with Gasteiger partial charge < -0.3 is 20.0 Å². The second-order valence-electron chi connectivity index (χ2n) is 6.55. The molecule has 1 heterocycles. The molecule has 1 aromatic heterocycles. The maximum Gasteiger partial charge on any atom is 0.381 e. The number of carbonyl (C=O) groups excluding carboxylic acids is 1. The second kappa shape index (κ2) is 7.65. The van der Waals surface area contributed by atoms with Gasteiger partial charge in [0.1, 0.15) is 6.20 Å². The Kier molecular flexibility index (Phi) is 5.79. The molecular formula is C17H21ClN4O3. The fraction of sp³-hybridized carbons (Fsp3) is 0.412. The van der Waals surface area contributed by atoms with Gasteiger partial charge >= 0.3 is 5.82 Å². The normalized spacial score (nSPS) is 11.4. The number of halogens is 1. The molecule has 0 atom stereocenters. The molecule has 0 radical (unpaired) electrons. The molecule has 134 valence electrons. The Morgan fingerprint density at radius 3 is 2.68 bits per heavy atom. The number of aromatic nitrogens is 2. The first-order chi connectivity index (χ1) is 11.7. The van der Waals surface area contributed by atoms with Gasteiger partial charge in [0.05, 0.1) is 0 Å². The highest BCUT2D eigenvalue weighted by Gasteiger charge is 2.22. The van der Waals surface area contributed by atoms with Crippen LogP contribution in [0.15, 0.2) is 30.5 Å². The highest BCUT2D eigenvalue weighted by Crippen LogP contribution is 2.21. The molecule has 1 amide bonds. The van der Waals surface area contributed by atoms with E-state index in [1.165, 1.54) is 6.20 Å². The summed E-state index contributed by atoms with van der Waals surface area (Å²) in [6.07, 6.45) is 2.16. The maximum atomic E-state index is 12.2. The summed E-state index contributed by atoms with van der Waals surface area (Å²) in [5, 5.41) is 14.4. The molecule has 0 fully saturated rings. The first-order valence-electron chi connectivity index (χ1n) is 7.90. The van der Waals surface area contributed by atoms with Crippen LogP contribution < -0.4 is 5.32 Å². The zero-order chi connectivity index (χ0) is 18.6. The van der Waals surface area contributed by atoms with Crippen molar-refractivity contribution in [2.75, 3.05) is 0 Å². The van der Waals surface area contributed by atoms with Crippen LogP contribution in [0.2, 0.25) is 5.02 Å². The van der Waals surface area contributed by atoms with Crippen LogP contribution >= 0.6 is 11.6 Å². The van der Waals surface area contributed by atoms with Gasteiger partial charge in [0.2, 0.25) is 11.7 Å². The Morgan fingerprint density at radius 1 is 1.40 bits per heavy atom. The zero-order valence-electron chi connectivity index (χ0n) is 14.5. The zero-order valence-corrected chi connectivity index (χ0v) is 15.2. The van der Waals surface area contributed by atoms with Crippen LogP contribution in [0.5, 0.6) is 0 Å². The van der Waals surface area contributed by atoms with Gasteiger partial charge in [0, 0.05) is 30.5 Å². The van der Waals surface area contributed by atoms with Crippen molar-refractivity contribution in [3.63, 3.8) is 0 Å². The van der Waals surface area contributed by atoms with Crippen molar-refractivity contribution >= 4 is 23.3 Å². The summed E-state index contributed by atoms with van der Waals surface area (Å²) in [5.41, 5.74) is 0.508. The molecule has 2 aromatic rings. The van der Waals surface area contributed by atoms with Crippen LogP contribution in [0.4, 0.5) is 5.82 Å². The maximum absolute atomic E-state index is 12.2. The standard InChI is InChI=1S/C17H21ClN4O3/c1-12-19-15(22(24)25)11-21(12)9-8-16(23)20-17(2,3)10-13-6-4-5-7-14(13)18/h4-7,11H,8-10H2,1-3H3,(H,20,23). The number of amides is 1. The minimum Gasteiger partial charge on any atom is -0.358 e. The molecule has 0 aliphatic carbocycles. The molecule has 1 N–H and O–H groups in total. The number of imidazole rings is 1. The minimum atomic E-state index is -0.545. The highest BCUT2D eigenvalue weighted by molar-refractivity contribution is 6.31. The predicted molar refractivity (Wildman–Crippen MR) is 95.6 cm³/mol. The van der Waals surface area contributed by atoms with Crippen molar-refractivity contribution in [3.05, 3.63) is 57.0 Å². The van der Waals surface area contributed by atoms with Gasteiger partial charge in [-0.1, -0.05) is 29.8 Å². The highest BCUT2D eigenvalue weighted by atomic mass is 35.5. The average molecular weight is 365 g/mol. The second-order valence-corrected chi connectivity index (χ2v) is 6.95. The summed E-state index contributed by atoms with van der Waals surface area (Å²) >= 11 is 6.18. The number of carbonyl (C=O) groups is 1. The molecule has 25 heavy (non-hydrogen) atoms. The Hall–Kier alpha value is -2.41. The van der Waals surface area contributed by atoms with Gasteiger partial charge in [-0.05, 0) is 41.8 Å². The van der Waals surface area contributed by atoms with Crippen molar-refractivity contribution in [2.45, 2.75) is 45.7 Å². The fourth-order valence-corrected chi connectivity index (χ4v) is 2.83. The molecule has 7 nitrogen and oxygen atoms in total. The van der Waals surface area contributed by atoms with Gasteiger partial charge in [-0.3, -0.25) is 4.79 Å². The summed E-state index contributed by atoms with van der Waals surface area (Å²) in [4.78, 5) is 26.3. The van der Waals surface area contributed by atoms with E-state index in [1.807, 2.05) is 38.1 Å². The van der Waals surface area contributed by atoms with Crippen LogP contribution in [0.3, 0.4) is 0 Å². The predicted octanol–water partition coefficient (Wildman–Crippen LogP) is 3.28. The van der Waals surface area contributed by atoms with E-state index in [1.54, 1.807) is 11.5 Å². The topological polar surface area (TPSA) is 90.1 Å². The smallest absolute Gasteiger partial charge is 0.358 e. The number of hydrogen-bond acceptors (Lipinski definition) is 4. The molecule has 2 rings (SSSR count). The molecule has 0 saturated heterocycles. The van der Waals surface area contributed by atoms with Crippen LogP contribution in [0.1, 0.15) is 31.7 Å². The molecule has 1 aromatic carbocycles. The Bertz CT molecular complexity index is 786. The SMILES string of the molecule is Cc1nc([N+](=O)[O-])cn1CCC(=O)NC(C)(C)Cc1ccccc1Cl. The van der Waals surface area contributed by atoms with Crippen molar-refractivity contribution in [1.82, 2.24) is 14.9 Å². The Balaban J connectivity index is 1.93. The summed E-state index contributed by atoms with van der Waals surface area (Å²) in [6.45, 7) is 5.87. The third kappa shape index (κ3) is 5.29. The Morgan fingerprint density at radius 2 is 2.08 bits per heavy atom. The minimum absolute atomic E-state index is 0.132. The third-order valence-electron chi connectivity index (χ3n) is 3.80. The van der Waals surface area contributed by atoms with E-state index < -0.39 is 10.5 Å². The van der Waals surface area contributed by atoms with Crippen molar-refractivity contribution in [3.8, 4) is 0 Å². The molecule has 0 unspecified atom stereocenters. The van der Waals surface area contributed by atoms with E-state index >= 15 is 0 Å². The number of nitro groups is 1. The number of rotatable bonds is 7. The van der Waals surface area contributed by atoms with E-state index in [2.05, 4.69) is 10.3 Å². The largest absolute Gasteiger partial charge is 0.381 e. The lowest BCUT2D eigenvalue weighted by Gasteiger charge is -2.27. The van der Waals surface area contributed by atoms with Crippen molar-refractivity contribution in [2.24, 2.45) is 0 Å². The average Bonchev–Trinajstić information content (AvgIpc) is 2.88. The van der Waals surface area contributed by atoms with Crippen molar-refractivity contribution < 1.29 is 9.72 Å². The van der Waals surface area contributed by atoms with E-state index in [-0.39, 0.29) is 18.1 Å². The van der Waals surface area contributed by atoms with Crippen LogP contribution in [-0.2, 0) is 17.8 Å². The van der Waals surface area contributed by atoms with E-state index in [9.17, 15) is 14.9 Å². The van der Waals surface area contributed by atoms with Crippen LogP contribution in [0.25, 0.3) is 0 Å². The summed E-state index contributed by atoms with van der Waals surface area (Å²) in [7, 11) is 0. The molecular weight excluding hydrogens is 344 g/mol. The first-order valence-corrected chi connectivity index (χ1v) is 8.28. The molecule has 0 saturated carbocycles. The number of benzene rings is 1. The lowest BCUT2D eigenvalue weighted by Crippen LogP contribution is -2.45. The third-order valence-corrected chi connectivity index (χ3v) is 4.17. The fourth-order valence-electron chi connectivity index (χ4n) is 2.63. The molecule has 0 aliphatic heterocycles. The lowest BCUT2D eigenvalue weighted by atomic mass is 9.94. The first kappa shape index (κ1) is 18.9. The molecule has 0 aliphatic rings. The quantitative estimate of drug-likeness (QED) is 0.603.